The Hall–Kier alpha value is -1.59. The van der Waals surface area contributed by atoms with Crippen LogP contribution in [0.25, 0.3) is 0 Å². The van der Waals surface area contributed by atoms with Gasteiger partial charge in [-0.15, -0.1) is 0 Å². The number of unbranched alkanes of at least 4 members (excludes halogenated alkanes) is 35. The molecule has 350 valence electrons. The zero-order chi connectivity index (χ0) is 43.1. The maximum atomic E-state index is 12.8. The molecule has 0 aromatic heterocycles. The van der Waals surface area contributed by atoms with Gasteiger partial charge in [-0.05, 0) is 25.2 Å². The van der Waals surface area contributed by atoms with E-state index in [0.717, 1.165) is 63.7 Å². The van der Waals surface area contributed by atoms with Crippen LogP contribution in [0.3, 0.4) is 0 Å². The molecule has 6 heteroatoms. The molecule has 0 saturated carbocycles. The summed E-state index contributed by atoms with van der Waals surface area (Å²) in [7, 11) is 0. The number of ether oxygens (including phenoxy) is 3. The van der Waals surface area contributed by atoms with Gasteiger partial charge in [0.1, 0.15) is 13.2 Å². The maximum Gasteiger partial charge on any atom is 0.306 e. The van der Waals surface area contributed by atoms with Gasteiger partial charge in [0.2, 0.25) is 0 Å². The van der Waals surface area contributed by atoms with Crippen molar-refractivity contribution in [2.75, 3.05) is 13.2 Å². The molecule has 59 heavy (non-hydrogen) atoms. The SMILES string of the molecule is CCCCCCCCCCCCCCCCCCC(=O)OC[C@H](COC(=O)CCCCCCCCC)OC(=O)CCCCCCCCCCCCCCCCCC(C)C. The van der Waals surface area contributed by atoms with Crippen molar-refractivity contribution in [3.63, 3.8) is 0 Å². The summed E-state index contributed by atoms with van der Waals surface area (Å²) in [5, 5.41) is 0. The molecule has 0 aromatic carbocycles. The van der Waals surface area contributed by atoms with Crippen molar-refractivity contribution in [2.45, 2.75) is 303 Å². The van der Waals surface area contributed by atoms with Gasteiger partial charge in [-0.2, -0.15) is 0 Å². The molecule has 0 saturated heterocycles. The lowest BCUT2D eigenvalue weighted by atomic mass is 10.0. The van der Waals surface area contributed by atoms with Crippen LogP contribution < -0.4 is 0 Å². The second-order valence-corrected chi connectivity index (χ2v) is 18.6. The first-order valence-electron chi connectivity index (χ1n) is 26.4. The van der Waals surface area contributed by atoms with Crippen LogP contribution in [0.2, 0.25) is 0 Å². The van der Waals surface area contributed by atoms with Crippen LogP contribution in [0, 0.1) is 5.92 Å². The van der Waals surface area contributed by atoms with E-state index in [-0.39, 0.29) is 31.1 Å². The second kappa shape index (κ2) is 47.5. The number of hydrogen-bond donors (Lipinski definition) is 0. The molecule has 0 aliphatic carbocycles. The predicted octanol–water partition coefficient (Wildman–Crippen LogP) is 17.1. The largest absolute Gasteiger partial charge is 0.462 e. The van der Waals surface area contributed by atoms with Crippen molar-refractivity contribution in [1.29, 1.82) is 0 Å². The quantitative estimate of drug-likeness (QED) is 0.0345. The van der Waals surface area contributed by atoms with Crippen LogP contribution >= 0.6 is 0 Å². The Balaban J connectivity index is 4.18. The minimum atomic E-state index is -0.759. The molecule has 0 aromatic rings. The summed E-state index contributed by atoms with van der Waals surface area (Å²) in [6, 6.07) is 0. The molecule has 6 nitrogen and oxygen atoms in total. The zero-order valence-corrected chi connectivity index (χ0v) is 40.2. The predicted molar refractivity (Wildman–Crippen MR) is 252 cm³/mol. The van der Waals surface area contributed by atoms with Crippen LogP contribution in [0.4, 0.5) is 0 Å². The van der Waals surface area contributed by atoms with Crippen LogP contribution in [-0.2, 0) is 28.6 Å². The highest BCUT2D eigenvalue weighted by atomic mass is 16.6. The summed E-state index contributed by atoms with van der Waals surface area (Å²) in [5.74, 6) is -0.00145. The van der Waals surface area contributed by atoms with Crippen molar-refractivity contribution in [3.8, 4) is 0 Å². The molecule has 0 aliphatic heterocycles. The fraction of sp³-hybridized carbons (Fsp3) is 0.943. The van der Waals surface area contributed by atoms with E-state index in [4.69, 9.17) is 14.2 Å². The van der Waals surface area contributed by atoms with E-state index >= 15 is 0 Å². The molecule has 0 heterocycles. The monoisotopic (exact) mass is 835 g/mol. The molecule has 1 atom stereocenters. The first kappa shape index (κ1) is 57.4. The normalized spacial score (nSPS) is 11.9. The molecular formula is C53H102O6. The minimum absolute atomic E-state index is 0.0629. The maximum absolute atomic E-state index is 12.8. The van der Waals surface area contributed by atoms with E-state index in [1.807, 2.05) is 0 Å². The van der Waals surface area contributed by atoms with Gasteiger partial charge in [0.05, 0.1) is 0 Å². The lowest BCUT2D eigenvalue weighted by Gasteiger charge is -2.18. The molecule has 0 N–H and O–H groups in total. The van der Waals surface area contributed by atoms with Gasteiger partial charge in [-0.25, -0.2) is 0 Å². The lowest BCUT2D eigenvalue weighted by Crippen LogP contribution is -2.30. The highest BCUT2D eigenvalue weighted by molar-refractivity contribution is 5.71. The van der Waals surface area contributed by atoms with Gasteiger partial charge in [-0.3, -0.25) is 14.4 Å². The van der Waals surface area contributed by atoms with Crippen LogP contribution in [-0.4, -0.2) is 37.2 Å². The standard InChI is InChI=1S/C53H102O6/c1-5-7-9-11-13-14-15-16-17-20-23-26-29-33-37-41-45-52(55)58-48-50(47-57-51(54)44-40-36-31-12-10-8-6-2)59-53(56)46-42-38-34-30-27-24-21-18-19-22-25-28-32-35-39-43-49(3)4/h49-50H,5-48H2,1-4H3/t50-/m0/s1. The van der Waals surface area contributed by atoms with Gasteiger partial charge in [0.25, 0.3) is 0 Å². The van der Waals surface area contributed by atoms with Crippen LogP contribution in [0.15, 0.2) is 0 Å². The highest BCUT2D eigenvalue weighted by Crippen LogP contribution is 2.17. The molecule has 0 rings (SSSR count). The Morgan fingerprint density at radius 1 is 0.322 bits per heavy atom. The smallest absolute Gasteiger partial charge is 0.306 e. The van der Waals surface area contributed by atoms with Gasteiger partial charge in [0, 0.05) is 19.3 Å². The average Bonchev–Trinajstić information content (AvgIpc) is 3.22. The number of rotatable bonds is 48. The van der Waals surface area contributed by atoms with E-state index in [1.54, 1.807) is 0 Å². The summed E-state index contributed by atoms with van der Waals surface area (Å²) >= 11 is 0. The van der Waals surface area contributed by atoms with E-state index < -0.39 is 6.10 Å². The molecule has 0 radical (unpaired) electrons. The molecule has 0 unspecified atom stereocenters. The number of carbonyl (C=O) groups excluding carboxylic acids is 3. The Bertz CT molecular complexity index is 887. The first-order valence-corrected chi connectivity index (χ1v) is 26.4. The van der Waals surface area contributed by atoms with E-state index in [0.29, 0.717) is 19.3 Å². The number of carbonyl (C=O) groups is 3. The fourth-order valence-electron chi connectivity index (χ4n) is 8.04. The molecule has 0 bridgehead atoms. The van der Waals surface area contributed by atoms with Gasteiger partial charge in [0.15, 0.2) is 6.10 Å². The Kier molecular flexibility index (Phi) is 46.2. The van der Waals surface area contributed by atoms with Crippen molar-refractivity contribution in [1.82, 2.24) is 0 Å². The summed E-state index contributed by atoms with van der Waals surface area (Å²) < 4.78 is 16.8. The fourth-order valence-corrected chi connectivity index (χ4v) is 8.04. The molecular weight excluding hydrogens is 733 g/mol. The van der Waals surface area contributed by atoms with Crippen molar-refractivity contribution >= 4 is 17.9 Å². The molecule has 0 amide bonds. The van der Waals surface area contributed by atoms with E-state index in [9.17, 15) is 14.4 Å². The van der Waals surface area contributed by atoms with Crippen LogP contribution in [0.5, 0.6) is 0 Å². The summed E-state index contributed by atoms with van der Waals surface area (Å²) in [6.07, 6.45) is 49.6. The second-order valence-electron chi connectivity index (χ2n) is 18.6. The Labute approximate surface area is 368 Å². The molecule has 0 spiro atoms. The first-order chi connectivity index (χ1) is 28.9. The van der Waals surface area contributed by atoms with E-state index in [2.05, 4.69) is 27.7 Å². The van der Waals surface area contributed by atoms with Gasteiger partial charge in [-0.1, -0.05) is 259 Å². The summed E-state index contributed by atoms with van der Waals surface area (Å²) in [6.45, 7) is 9.01. The Morgan fingerprint density at radius 2 is 0.559 bits per heavy atom. The van der Waals surface area contributed by atoms with Crippen molar-refractivity contribution in [2.24, 2.45) is 5.92 Å². The van der Waals surface area contributed by atoms with Crippen molar-refractivity contribution in [3.05, 3.63) is 0 Å². The van der Waals surface area contributed by atoms with E-state index in [1.165, 1.54) is 193 Å². The third-order valence-electron chi connectivity index (χ3n) is 12.0. The highest BCUT2D eigenvalue weighted by Gasteiger charge is 2.19. The number of esters is 3. The Morgan fingerprint density at radius 3 is 0.831 bits per heavy atom. The molecule has 0 fully saturated rings. The van der Waals surface area contributed by atoms with Crippen LogP contribution in [0.1, 0.15) is 297 Å². The lowest BCUT2D eigenvalue weighted by molar-refractivity contribution is -0.167. The topological polar surface area (TPSA) is 78.9 Å². The third kappa shape index (κ3) is 47.3. The van der Waals surface area contributed by atoms with Gasteiger partial charge < -0.3 is 14.2 Å². The number of hydrogen-bond acceptors (Lipinski definition) is 6. The average molecular weight is 835 g/mol. The third-order valence-corrected chi connectivity index (χ3v) is 12.0. The molecule has 0 aliphatic rings. The zero-order valence-electron chi connectivity index (χ0n) is 40.2. The minimum Gasteiger partial charge on any atom is -0.462 e. The van der Waals surface area contributed by atoms with Crippen molar-refractivity contribution < 1.29 is 28.6 Å². The summed E-state index contributed by atoms with van der Waals surface area (Å²) in [5.41, 5.74) is 0. The van der Waals surface area contributed by atoms with Gasteiger partial charge >= 0.3 is 17.9 Å². The summed E-state index contributed by atoms with van der Waals surface area (Å²) in [4.78, 5) is 37.8.